The van der Waals surface area contributed by atoms with Gasteiger partial charge in [-0.15, -0.1) is 0 Å². The SMILES string of the molecule is CCC(C)N(C)CCNCc1cccc(Br)n1. The van der Waals surface area contributed by atoms with Crippen molar-refractivity contribution in [2.75, 3.05) is 20.1 Å². The molecule has 4 heteroatoms. The first-order valence-corrected chi connectivity index (χ1v) is 6.95. The molecule has 0 aromatic carbocycles. The number of aromatic nitrogens is 1. The topological polar surface area (TPSA) is 28.2 Å². The van der Waals surface area contributed by atoms with Crippen LogP contribution in [-0.4, -0.2) is 36.1 Å². The van der Waals surface area contributed by atoms with Crippen LogP contribution in [0.25, 0.3) is 0 Å². The summed E-state index contributed by atoms with van der Waals surface area (Å²) in [5, 5.41) is 3.41. The first-order chi connectivity index (χ1) is 8.13. The summed E-state index contributed by atoms with van der Waals surface area (Å²) >= 11 is 3.38. The van der Waals surface area contributed by atoms with Crippen molar-refractivity contribution < 1.29 is 0 Å². The zero-order chi connectivity index (χ0) is 12.7. The van der Waals surface area contributed by atoms with E-state index in [2.05, 4.69) is 52.0 Å². The summed E-state index contributed by atoms with van der Waals surface area (Å²) in [6.07, 6.45) is 1.20. The molecule has 0 bridgehead atoms. The minimum absolute atomic E-state index is 0.654. The maximum atomic E-state index is 4.38. The Morgan fingerprint density at radius 2 is 2.24 bits per heavy atom. The van der Waals surface area contributed by atoms with E-state index in [4.69, 9.17) is 0 Å². The number of nitrogens with one attached hydrogen (secondary N) is 1. The number of hydrogen-bond donors (Lipinski definition) is 1. The van der Waals surface area contributed by atoms with E-state index in [0.717, 1.165) is 29.9 Å². The van der Waals surface area contributed by atoms with Gasteiger partial charge >= 0.3 is 0 Å². The van der Waals surface area contributed by atoms with E-state index >= 15 is 0 Å². The summed E-state index contributed by atoms with van der Waals surface area (Å²) in [4.78, 5) is 6.76. The molecule has 0 radical (unpaired) electrons. The van der Waals surface area contributed by atoms with Gasteiger partial charge in [0, 0.05) is 25.7 Å². The lowest BCUT2D eigenvalue weighted by Crippen LogP contribution is -2.34. The van der Waals surface area contributed by atoms with Gasteiger partial charge in [-0.05, 0) is 48.5 Å². The first kappa shape index (κ1) is 14.6. The van der Waals surface area contributed by atoms with Gasteiger partial charge in [-0.25, -0.2) is 4.98 Å². The number of hydrogen-bond acceptors (Lipinski definition) is 3. The van der Waals surface area contributed by atoms with Gasteiger partial charge in [0.15, 0.2) is 0 Å². The fourth-order valence-corrected chi connectivity index (χ4v) is 1.93. The van der Waals surface area contributed by atoms with E-state index in [1.807, 2.05) is 18.2 Å². The molecule has 0 aliphatic carbocycles. The number of likely N-dealkylation sites (N-methyl/N-ethyl adjacent to an activating group) is 1. The van der Waals surface area contributed by atoms with Gasteiger partial charge in [-0.2, -0.15) is 0 Å². The second-order valence-corrected chi connectivity index (χ2v) is 5.18. The normalized spacial score (nSPS) is 13.0. The quantitative estimate of drug-likeness (QED) is 0.620. The molecule has 3 nitrogen and oxygen atoms in total. The second kappa shape index (κ2) is 7.80. The fraction of sp³-hybridized carbons (Fsp3) is 0.615. The Morgan fingerprint density at radius 1 is 1.47 bits per heavy atom. The Balaban J connectivity index is 2.20. The zero-order valence-electron chi connectivity index (χ0n) is 10.9. The molecule has 0 saturated carbocycles. The molecule has 1 aromatic rings. The molecule has 0 amide bonds. The number of halogens is 1. The highest BCUT2D eigenvalue weighted by molar-refractivity contribution is 9.10. The first-order valence-electron chi connectivity index (χ1n) is 6.16. The average molecular weight is 300 g/mol. The van der Waals surface area contributed by atoms with E-state index < -0.39 is 0 Å². The summed E-state index contributed by atoms with van der Waals surface area (Å²) in [7, 11) is 2.17. The predicted molar refractivity (Wildman–Crippen MR) is 76.0 cm³/mol. The van der Waals surface area contributed by atoms with Crippen molar-refractivity contribution in [3.05, 3.63) is 28.5 Å². The molecular formula is C13H22BrN3. The van der Waals surface area contributed by atoms with E-state index in [-0.39, 0.29) is 0 Å². The van der Waals surface area contributed by atoms with Crippen molar-refractivity contribution in [3.63, 3.8) is 0 Å². The van der Waals surface area contributed by atoms with Crippen molar-refractivity contribution in [1.82, 2.24) is 15.2 Å². The third-order valence-electron chi connectivity index (χ3n) is 3.06. The number of pyridine rings is 1. The van der Waals surface area contributed by atoms with Crippen molar-refractivity contribution in [1.29, 1.82) is 0 Å². The van der Waals surface area contributed by atoms with Crippen LogP contribution in [0.15, 0.2) is 22.8 Å². The second-order valence-electron chi connectivity index (χ2n) is 4.37. The van der Waals surface area contributed by atoms with E-state index in [9.17, 15) is 0 Å². The fourth-order valence-electron chi connectivity index (χ4n) is 1.55. The van der Waals surface area contributed by atoms with E-state index in [1.54, 1.807) is 0 Å². The van der Waals surface area contributed by atoms with Crippen LogP contribution >= 0.6 is 15.9 Å². The maximum Gasteiger partial charge on any atom is 0.106 e. The van der Waals surface area contributed by atoms with Crippen LogP contribution in [0.4, 0.5) is 0 Å². The predicted octanol–water partition coefficient (Wildman–Crippen LogP) is 2.66. The monoisotopic (exact) mass is 299 g/mol. The van der Waals surface area contributed by atoms with Gasteiger partial charge in [0.05, 0.1) is 5.69 Å². The Hall–Kier alpha value is -0.450. The smallest absolute Gasteiger partial charge is 0.106 e. The standard InChI is InChI=1S/C13H22BrN3/c1-4-11(2)17(3)9-8-15-10-12-6-5-7-13(14)16-12/h5-7,11,15H,4,8-10H2,1-3H3. The van der Waals surface area contributed by atoms with Crippen LogP contribution in [0.3, 0.4) is 0 Å². The third kappa shape index (κ3) is 5.61. The van der Waals surface area contributed by atoms with Crippen LogP contribution in [0.5, 0.6) is 0 Å². The molecule has 1 aromatic heterocycles. The van der Waals surface area contributed by atoms with Crippen LogP contribution in [-0.2, 0) is 6.54 Å². The zero-order valence-corrected chi connectivity index (χ0v) is 12.5. The summed E-state index contributed by atoms with van der Waals surface area (Å²) in [6.45, 7) is 7.38. The third-order valence-corrected chi connectivity index (χ3v) is 3.51. The molecule has 0 saturated heterocycles. The largest absolute Gasteiger partial charge is 0.310 e. The molecule has 0 spiro atoms. The molecule has 1 atom stereocenters. The lowest BCUT2D eigenvalue weighted by Gasteiger charge is -2.23. The highest BCUT2D eigenvalue weighted by atomic mass is 79.9. The maximum absolute atomic E-state index is 4.38. The summed E-state index contributed by atoms with van der Waals surface area (Å²) in [6, 6.07) is 6.65. The molecule has 1 rings (SSSR count). The van der Waals surface area contributed by atoms with E-state index in [1.165, 1.54) is 6.42 Å². The summed E-state index contributed by atoms with van der Waals surface area (Å²) in [5.41, 5.74) is 1.07. The van der Waals surface area contributed by atoms with Crippen LogP contribution in [0, 0.1) is 0 Å². The minimum Gasteiger partial charge on any atom is -0.310 e. The number of nitrogens with zero attached hydrogens (tertiary/aromatic N) is 2. The summed E-state index contributed by atoms with van der Waals surface area (Å²) in [5.74, 6) is 0. The van der Waals surface area contributed by atoms with Crippen molar-refractivity contribution in [3.8, 4) is 0 Å². The average Bonchev–Trinajstić information content (AvgIpc) is 2.33. The van der Waals surface area contributed by atoms with Crippen LogP contribution < -0.4 is 5.32 Å². The molecule has 1 N–H and O–H groups in total. The van der Waals surface area contributed by atoms with E-state index in [0.29, 0.717) is 6.04 Å². The molecule has 1 unspecified atom stereocenters. The van der Waals surface area contributed by atoms with Gasteiger partial charge in [0.2, 0.25) is 0 Å². The highest BCUT2D eigenvalue weighted by Crippen LogP contribution is 2.05. The van der Waals surface area contributed by atoms with Gasteiger partial charge in [-0.1, -0.05) is 13.0 Å². The molecule has 0 aliphatic heterocycles. The van der Waals surface area contributed by atoms with Gasteiger partial charge in [0.25, 0.3) is 0 Å². The molecule has 1 heterocycles. The Morgan fingerprint density at radius 3 is 2.88 bits per heavy atom. The minimum atomic E-state index is 0.654. The molecule has 17 heavy (non-hydrogen) atoms. The van der Waals surface area contributed by atoms with Gasteiger partial charge in [-0.3, -0.25) is 0 Å². The van der Waals surface area contributed by atoms with Gasteiger partial charge in [0.1, 0.15) is 4.60 Å². The van der Waals surface area contributed by atoms with Crippen molar-refractivity contribution >= 4 is 15.9 Å². The Bertz CT molecular complexity index is 330. The Kier molecular flexibility index (Phi) is 6.70. The highest BCUT2D eigenvalue weighted by Gasteiger charge is 2.05. The lowest BCUT2D eigenvalue weighted by molar-refractivity contribution is 0.251. The van der Waals surface area contributed by atoms with Gasteiger partial charge < -0.3 is 10.2 Å². The summed E-state index contributed by atoms with van der Waals surface area (Å²) < 4.78 is 0.897. The van der Waals surface area contributed by atoms with Crippen LogP contribution in [0.1, 0.15) is 26.0 Å². The van der Waals surface area contributed by atoms with Crippen molar-refractivity contribution in [2.24, 2.45) is 0 Å². The van der Waals surface area contributed by atoms with Crippen LogP contribution in [0.2, 0.25) is 0 Å². The lowest BCUT2D eigenvalue weighted by atomic mass is 10.2. The molecule has 96 valence electrons. The number of rotatable bonds is 7. The Labute approximate surface area is 113 Å². The molecule has 0 aliphatic rings. The molecule has 0 fully saturated rings. The molecular weight excluding hydrogens is 278 g/mol. The van der Waals surface area contributed by atoms with Crippen molar-refractivity contribution in [2.45, 2.75) is 32.9 Å².